The van der Waals surface area contributed by atoms with Crippen molar-refractivity contribution in [2.75, 3.05) is 5.32 Å². The Morgan fingerprint density at radius 1 is 1.03 bits per heavy atom. The number of nitrogens with zero attached hydrogens (tertiary/aromatic N) is 3. The molecule has 0 unspecified atom stereocenters. The topological polar surface area (TPSA) is 83.6 Å². The summed E-state index contributed by atoms with van der Waals surface area (Å²) in [7, 11) is 0. The normalized spacial score (nSPS) is 14.6. The van der Waals surface area contributed by atoms with Crippen LogP contribution in [0.25, 0.3) is 32.4 Å². The van der Waals surface area contributed by atoms with Crippen LogP contribution < -0.4 is 5.32 Å². The predicted molar refractivity (Wildman–Crippen MR) is 138 cm³/mol. The molecule has 3 heterocycles. The smallest absolute Gasteiger partial charge is 0.173 e. The molecular weight excluding hydrogens is 442 g/mol. The first-order chi connectivity index (χ1) is 16.7. The van der Waals surface area contributed by atoms with E-state index in [4.69, 9.17) is 4.98 Å². The highest BCUT2D eigenvalue weighted by atomic mass is 32.1. The fourth-order valence-corrected chi connectivity index (χ4v) is 5.85. The lowest BCUT2D eigenvalue weighted by atomic mass is 9.85. The van der Waals surface area contributed by atoms with E-state index in [-0.39, 0.29) is 5.78 Å². The monoisotopic (exact) mass is 467 g/mol. The van der Waals surface area contributed by atoms with Crippen molar-refractivity contribution in [3.63, 3.8) is 0 Å². The zero-order valence-electron chi connectivity index (χ0n) is 18.8. The Balaban J connectivity index is 1.22. The molecule has 0 radical (unpaired) electrons. The zero-order valence-corrected chi connectivity index (χ0v) is 19.6. The number of thiophene rings is 1. The number of aromatic nitrogens is 4. The zero-order chi connectivity index (χ0) is 22.9. The summed E-state index contributed by atoms with van der Waals surface area (Å²) < 4.78 is 1.09. The number of aromatic amines is 1. The number of fused-ring (bicyclic) bond motifs is 2. The van der Waals surface area contributed by atoms with Crippen LogP contribution in [0.2, 0.25) is 0 Å². The van der Waals surface area contributed by atoms with Gasteiger partial charge >= 0.3 is 0 Å². The Hall–Kier alpha value is -3.58. The summed E-state index contributed by atoms with van der Waals surface area (Å²) in [6, 6.07) is 16.1. The summed E-state index contributed by atoms with van der Waals surface area (Å²) in [5, 5.41) is 12.5. The predicted octanol–water partition coefficient (Wildman–Crippen LogP) is 7.13. The van der Waals surface area contributed by atoms with E-state index in [9.17, 15) is 4.79 Å². The molecule has 2 aromatic carbocycles. The van der Waals surface area contributed by atoms with Crippen LogP contribution in [0.15, 0.2) is 60.9 Å². The van der Waals surface area contributed by atoms with Gasteiger partial charge in [0.1, 0.15) is 5.82 Å². The molecule has 7 heteroatoms. The molecule has 34 heavy (non-hydrogen) atoms. The van der Waals surface area contributed by atoms with Gasteiger partial charge in [0.2, 0.25) is 0 Å². The third kappa shape index (κ3) is 4.31. The number of H-pyrrole nitrogens is 1. The molecule has 170 valence electrons. The molecule has 1 aliphatic rings. The molecule has 6 nitrogen and oxygen atoms in total. The van der Waals surface area contributed by atoms with Gasteiger partial charge in [0, 0.05) is 34.0 Å². The Labute approximate surface area is 201 Å². The van der Waals surface area contributed by atoms with Crippen molar-refractivity contribution in [3.8, 4) is 11.4 Å². The number of benzene rings is 2. The van der Waals surface area contributed by atoms with Crippen LogP contribution in [0, 0.1) is 5.92 Å². The number of Topliss-reactive ketones (excluding diaryl/α,β-unsaturated/α-hetero) is 1. The lowest BCUT2D eigenvalue weighted by molar-refractivity contribution is 0.0954. The number of nitrogens with one attached hydrogen (secondary N) is 2. The number of ketones is 1. The summed E-state index contributed by atoms with van der Waals surface area (Å²) in [6.45, 7) is 0. The van der Waals surface area contributed by atoms with E-state index in [0.717, 1.165) is 42.9 Å². The summed E-state index contributed by atoms with van der Waals surface area (Å²) >= 11 is 1.58. The van der Waals surface area contributed by atoms with Crippen molar-refractivity contribution in [1.29, 1.82) is 0 Å². The molecule has 0 bridgehead atoms. The molecule has 1 saturated carbocycles. The van der Waals surface area contributed by atoms with Gasteiger partial charge in [-0.25, -0.2) is 9.97 Å². The molecule has 1 fully saturated rings. The van der Waals surface area contributed by atoms with Gasteiger partial charge in [-0.15, -0.1) is 11.3 Å². The van der Waals surface area contributed by atoms with Crippen molar-refractivity contribution in [3.05, 3.63) is 65.8 Å². The largest absolute Gasteiger partial charge is 0.340 e. The van der Waals surface area contributed by atoms with Gasteiger partial charge in [0.15, 0.2) is 11.6 Å². The summed E-state index contributed by atoms with van der Waals surface area (Å²) in [5.74, 6) is 2.22. The number of anilines is 2. The third-order valence-electron chi connectivity index (χ3n) is 6.62. The molecule has 0 amide bonds. The summed E-state index contributed by atoms with van der Waals surface area (Å²) in [6.07, 6.45) is 10.5. The highest BCUT2D eigenvalue weighted by molar-refractivity contribution is 7.20. The van der Waals surface area contributed by atoms with Crippen LogP contribution in [0.1, 0.15) is 48.2 Å². The summed E-state index contributed by atoms with van der Waals surface area (Å²) in [5.41, 5.74) is 2.87. The molecule has 0 saturated heterocycles. The van der Waals surface area contributed by atoms with E-state index in [2.05, 4.69) is 32.6 Å². The van der Waals surface area contributed by atoms with Crippen LogP contribution in [-0.4, -0.2) is 25.9 Å². The Bertz CT molecular complexity index is 1480. The van der Waals surface area contributed by atoms with Crippen LogP contribution in [0.5, 0.6) is 0 Å². The average molecular weight is 468 g/mol. The number of rotatable bonds is 6. The minimum atomic E-state index is 0.284. The van der Waals surface area contributed by atoms with Gasteiger partial charge in [0.05, 0.1) is 16.6 Å². The second kappa shape index (κ2) is 8.99. The van der Waals surface area contributed by atoms with Crippen LogP contribution in [0.4, 0.5) is 11.5 Å². The van der Waals surface area contributed by atoms with Gasteiger partial charge in [-0.3, -0.25) is 9.89 Å². The van der Waals surface area contributed by atoms with Crippen molar-refractivity contribution >= 4 is 49.6 Å². The van der Waals surface area contributed by atoms with E-state index in [0.29, 0.717) is 18.2 Å². The van der Waals surface area contributed by atoms with E-state index in [1.165, 1.54) is 32.1 Å². The fourth-order valence-electron chi connectivity index (χ4n) is 4.80. The standard InChI is InChI=1S/C27H25N5OS/c33-23(12-17-4-2-1-3-5-17)25-14-18-6-7-19(15-24(18)34-25)27-28-11-10-26(31-27)30-21-8-9-22-20(13-21)16-29-32-22/h6-11,13-17H,1-5,12H2,(H,29,32)(H,28,30,31). The van der Waals surface area contributed by atoms with E-state index >= 15 is 0 Å². The van der Waals surface area contributed by atoms with Crippen LogP contribution in [0.3, 0.4) is 0 Å². The molecule has 3 aromatic heterocycles. The highest BCUT2D eigenvalue weighted by Crippen LogP contribution is 2.33. The molecule has 1 aliphatic carbocycles. The highest BCUT2D eigenvalue weighted by Gasteiger charge is 2.19. The molecule has 0 spiro atoms. The maximum atomic E-state index is 12.9. The van der Waals surface area contributed by atoms with E-state index < -0.39 is 0 Å². The van der Waals surface area contributed by atoms with Gasteiger partial charge in [-0.2, -0.15) is 5.10 Å². The van der Waals surface area contributed by atoms with Crippen molar-refractivity contribution in [2.24, 2.45) is 5.92 Å². The first-order valence-electron chi connectivity index (χ1n) is 11.8. The average Bonchev–Trinajstić information content (AvgIpc) is 3.51. The second-order valence-electron chi connectivity index (χ2n) is 9.06. The van der Waals surface area contributed by atoms with E-state index in [1.54, 1.807) is 23.7 Å². The van der Waals surface area contributed by atoms with Crippen LogP contribution in [-0.2, 0) is 0 Å². The fraction of sp³-hybridized carbons (Fsp3) is 0.259. The third-order valence-corrected chi connectivity index (χ3v) is 7.76. The molecule has 0 atom stereocenters. The number of carbonyl (C=O) groups is 1. The number of hydrogen-bond acceptors (Lipinski definition) is 6. The van der Waals surface area contributed by atoms with Crippen molar-refractivity contribution < 1.29 is 4.79 Å². The molecule has 2 N–H and O–H groups in total. The molecule has 6 rings (SSSR count). The van der Waals surface area contributed by atoms with Gasteiger partial charge in [0.25, 0.3) is 0 Å². The Kier molecular flexibility index (Phi) is 5.55. The van der Waals surface area contributed by atoms with Gasteiger partial charge < -0.3 is 5.32 Å². The minimum Gasteiger partial charge on any atom is -0.340 e. The maximum Gasteiger partial charge on any atom is 0.173 e. The van der Waals surface area contributed by atoms with Crippen LogP contribution >= 0.6 is 11.3 Å². The lowest BCUT2D eigenvalue weighted by Crippen LogP contribution is -2.11. The lowest BCUT2D eigenvalue weighted by Gasteiger charge is -2.20. The Morgan fingerprint density at radius 3 is 2.85 bits per heavy atom. The van der Waals surface area contributed by atoms with Gasteiger partial charge in [-0.1, -0.05) is 44.2 Å². The number of carbonyl (C=O) groups excluding carboxylic acids is 1. The van der Waals surface area contributed by atoms with Crippen molar-refractivity contribution in [1.82, 2.24) is 20.2 Å². The first-order valence-corrected chi connectivity index (χ1v) is 12.6. The number of hydrogen-bond donors (Lipinski definition) is 2. The second-order valence-corrected chi connectivity index (χ2v) is 10.1. The molecule has 5 aromatic rings. The molecular formula is C27H25N5OS. The van der Waals surface area contributed by atoms with E-state index in [1.807, 2.05) is 36.4 Å². The minimum absolute atomic E-state index is 0.284. The molecule has 0 aliphatic heterocycles. The van der Waals surface area contributed by atoms with Gasteiger partial charge in [-0.05, 0) is 47.7 Å². The summed E-state index contributed by atoms with van der Waals surface area (Å²) in [4.78, 5) is 23.0. The Morgan fingerprint density at radius 2 is 1.94 bits per heavy atom. The van der Waals surface area contributed by atoms with Crippen molar-refractivity contribution in [2.45, 2.75) is 38.5 Å². The maximum absolute atomic E-state index is 12.9. The first kappa shape index (κ1) is 21.0. The quantitative estimate of drug-likeness (QED) is 0.260. The SMILES string of the molecule is O=C(CC1CCCCC1)c1cc2ccc(-c3nccc(Nc4ccc5[nH]ncc5c4)n3)cc2s1.